The molecule has 0 aromatic heterocycles. The van der Waals surface area contributed by atoms with E-state index in [1.165, 1.54) is 0 Å². The Hall–Kier alpha value is -1.80. The molecule has 2 bridgehead atoms. The third kappa shape index (κ3) is 3.61. The molecule has 194 valence electrons. The molecule has 1 spiro atoms. The van der Waals surface area contributed by atoms with E-state index < -0.39 is 42.4 Å². The molecule has 36 heavy (non-hydrogen) atoms. The van der Waals surface area contributed by atoms with Crippen LogP contribution in [0.1, 0.15) is 51.2 Å². The first-order valence-corrected chi connectivity index (χ1v) is 13.3. The van der Waals surface area contributed by atoms with Gasteiger partial charge in [0.25, 0.3) is 0 Å². The average molecular weight is 495 g/mol. The Labute approximate surface area is 213 Å². The van der Waals surface area contributed by atoms with Crippen LogP contribution in [0.5, 0.6) is 0 Å². The smallest absolute Gasteiger partial charge is 0.175 e. The molecule has 1 unspecified atom stereocenters. The van der Waals surface area contributed by atoms with Crippen molar-refractivity contribution in [3.8, 4) is 0 Å². The van der Waals surface area contributed by atoms with E-state index in [0.29, 0.717) is 12.5 Å². The van der Waals surface area contributed by atoms with E-state index in [0.717, 1.165) is 30.4 Å². The Kier molecular flexibility index (Phi) is 6.06. The summed E-state index contributed by atoms with van der Waals surface area (Å²) in [5.74, 6) is -0.295. The second-order valence-corrected chi connectivity index (χ2v) is 11.9. The zero-order chi connectivity index (χ0) is 25.1. The van der Waals surface area contributed by atoms with Gasteiger partial charge in [-0.2, -0.15) is 0 Å². The first-order valence-electron chi connectivity index (χ1n) is 13.3. The normalized spacial score (nSPS) is 42.6. The highest BCUT2D eigenvalue weighted by molar-refractivity contribution is 5.20. The molecule has 6 nitrogen and oxygen atoms in total. The minimum absolute atomic E-state index is 0.0632. The van der Waals surface area contributed by atoms with Crippen LogP contribution in [0, 0.1) is 16.7 Å². The molecule has 6 heteroatoms. The lowest BCUT2D eigenvalue weighted by Gasteiger charge is -2.45. The van der Waals surface area contributed by atoms with Crippen molar-refractivity contribution < 1.29 is 29.2 Å². The number of rotatable bonds is 6. The largest absolute Gasteiger partial charge is 0.387 e. The fraction of sp³-hybridized carbons (Fsp3) is 0.600. The zero-order valence-electron chi connectivity index (χ0n) is 21.4. The molecule has 1 aliphatic heterocycles. The lowest BCUT2D eigenvalue weighted by atomic mass is 9.68. The molecular formula is C30H38O6. The Morgan fingerprint density at radius 2 is 1.33 bits per heavy atom. The van der Waals surface area contributed by atoms with E-state index in [-0.39, 0.29) is 17.4 Å². The average Bonchev–Trinajstić information content (AvgIpc) is 3.42. The van der Waals surface area contributed by atoms with Crippen LogP contribution in [0.2, 0.25) is 0 Å². The summed E-state index contributed by atoms with van der Waals surface area (Å²) in [4.78, 5) is 0. The quantitative estimate of drug-likeness (QED) is 0.626. The summed E-state index contributed by atoms with van der Waals surface area (Å²) in [6, 6.07) is 19.7. The van der Waals surface area contributed by atoms with Crippen molar-refractivity contribution >= 4 is 0 Å². The third-order valence-electron chi connectivity index (χ3n) is 10.0. The molecule has 1 heterocycles. The number of ether oxygens (including phenoxy) is 4. The number of aliphatic hydroxyl groups excluding tert-OH is 2. The van der Waals surface area contributed by atoms with E-state index in [1.807, 2.05) is 60.7 Å². The summed E-state index contributed by atoms with van der Waals surface area (Å²) in [5, 5.41) is 23.0. The molecular weight excluding hydrogens is 456 g/mol. The molecule has 6 rings (SSSR count). The molecule has 3 saturated carbocycles. The fourth-order valence-corrected chi connectivity index (χ4v) is 7.35. The summed E-state index contributed by atoms with van der Waals surface area (Å²) in [6.45, 7) is 7.50. The first-order chi connectivity index (χ1) is 17.3. The van der Waals surface area contributed by atoms with E-state index in [1.54, 1.807) is 0 Å². The molecule has 9 atom stereocenters. The fourth-order valence-electron chi connectivity index (χ4n) is 7.35. The summed E-state index contributed by atoms with van der Waals surface area (Å²) in [7, 11) is 0. The van der Waals surface area contributed by atoms with Crippen molar-refractivity contribution in [1.29, 1.82) is 0 Å². The molecule has 2 aromatic rings. The summed E-state index contributed by atoms with van der Waals surface area (Å²) < 4.78 is 26.1. The van der Waals surface area contributed by atoms with Gasteiger partial charge in [-0.3, -0.25) is 0 Å². The minimum Gasteiger partial charge on any atom is -0.387 e. The van der Waals surface area contributed by atoms with Crippen LogP contribution in [0.3, 0.4) is 0 Å². The van der Waals surface area contributed by atoms with E-state index in [9.17, 15) is 10.2 Å². The van der Waals surface area contributed by atoms with Gasteiger partial charge in [-0.25, -0.2) is 0 Å². The van der Waals surface area contributed by atoms with Gasteiger partial charge >= 0.3 is 0 Å². The van der Waals surface area contributed by atoms with Crippen LogP contribution in [0.15, 0.2) is 60.7 Å². The van der Waals surface area contributed by atoms with Gasteiger partial charge in [0.15, 0.2) is 5.79 Å². The van der Waals surface area contributed by atoms with Crippen LogP contribution in [-0.2, 0) is 32.2 Å². The summed E-state index contributed by atoms with van der Waals surface area (Å²) >= 11 is 0. The van der Waals surface area contributed by atoms with Crippen molar-refractivity contribution in [2.24, 2.45) is 16.7 Å². The number of aliphatic hydroxyl groups is 2. The van der Waals surface area contributed by atoms with E-state index in [4.69, 9.17) is 18.9 Å². The van der Waals surface area contributed by atoms with Gasteiger partial charge < -0.3 is 29.2 Å². The van der Waals surface area contributed by atoms with Gasteiger partial charge in [0.2, 0.25) is 0 Å². The van der Waals surface area contributed by atoms with E-state index >= 15 is 0 Å². The maximum atomic E-state index is 11.5. The first kappa shape index (κ1) is 24.5. The summed E-state index contributed by atoms with van der Waals surface area (Å²) in [6.07, 6.45) is -1.88. The number of benzene rings is 2. The molecule has 4 aliphatic rings. The van der Waals surface area contributed by atoms with Crippen molar-refractivity contribution in [2.75, 3.05) is 0 Å². The SMILES string of the molecule is CC1(C)[C@@H]2CC[C@@]1(C)C1(C2)O[C@@H]2[C@@H](OCc3ccccc3)[C@H](O)[C@@H](OCc3ccccc3)[C@H](O)[C@@H]2O1. The van der Waals surface area contributed by atoms with Gasteiger partial charge in [0.05, 0.1) is 13.2 Å². The van der Waals surface area contributed by atoms with E-state index in [2.05, 4.69) is 20.8 Å². The molecule has 3 aliphatic carbocycles. The number of fused-ring (bicyclic) bond motifs is 4. The van der Waals surface area contributed by atoms with Gasteiger partial charge in [-0.1, -0.05) is 81.4 Å². The van der Waals surface area contributed by atoms with Crippen molar-refractivity contribution in [3.63, 3.8) is 0 Å². The summed E-state index contributed by atoms with van der Waals surface area (Å²) in [5.41, 5.74) is 1.86. The third-order valence-corrected chi connectivity index (χ3v) is 10.0. The Balaban J connectivity index is 1.29. The highest BCUT2D eigenvalue weighted by Gasteiger charge is 2.75. The Bertz CT molecular complexity index is 1060. The molecule has 2 N–H and O–H groups in total. The van der Waals surface area contributed by atoms with Crippen molar-refractivity contribution in [2.45, 2.75) is 95.7 Å². The van der Waals surface area contributed by atoms with Crippen LogP contribution in [-0.4, -0.2) is 52.6 Å². The topological polar surface area (TPSA) is 77.4 Å². The second kappa shape index (κ2) is 8.90. The second-order valence-electron chi connectivity index (χ2n) is 11.9. The number of hydrogen-bond donors (Lipinski definition) is 2. The van der Waals surface area contributed by atoms with Crippen molar-refractivity contribution in [1.82, 2.24) is 0 Å². The number of hydrogen-bond acceptors (Lipinski definition) is 6. The zero-order valence-corrected chi connectivity index (χ0v) is 21.4. The maximum Gasteiger partial charge on any atom is 0.175 e. The standard InChI is InChI=1S/C30H38O6/c1-28(2)21-14-15-29(28,3)30(16-21)35-26-23(32)24(33-17-19-10-6-4-7-11-19)22(31)25(27(26)36-30)34-18-20-12-8-5-9-13-20/h4-13,21-27,31-32H,14-18H2,1-3H3/t21-,22-,23+,24-,25+,26+,27-,29-,30?/m1/s1. The molecule has 0 radical (unpaired) electrons. The molecule has 0 amide bonds. The van der Waals surface area contributed by atoms with Gasteiger partial charge in [-0.15, -0.1) is 0 Å². The van der Waals surface area contributed by atoms with Gasteiger partial charge in [0.1, 0.15) is 36.6 Å². The van der Waals surface area contributed by atoms with Crippen LogP contribution >= 0.6 is 0 Å². The Morgan fingerprint density at radius 1 is 0.778 bits per heavy atom. The Morgan fingerprint density at radius 3 is 1.86 bits per heavy atom. The van der Waals surface area contributed by atoms with Gasteiger partial charge in [0, 0.05) is 11.8 Å². The molecule has 4 fully saturated rings. The predicted molar refractivity (Wildman–Crippen MR) is 134 cm³/mol. The lowest BCUT2D eigenvalue weighted by molar-refractivity contribution is -0.258. The minimum atomic E-state index is -1.06. The molecule has 2 aromatic carbocycles. The van der Waals surface area contributed by atoms with Crippen LogP contribution < -0.4 is 0 Å². The predicted octanol–water partition coefficient (Wildman–Crippen LogP) is 4.22. The monoisotopic (exact) mass is 494 g/mol. The molecule has 1 saturated heterocycles. The van der Waals surface area contributed by atoms with Crippen LogP contribution in [0.25, 0.3) is 0 Å². The lowest BCUT2D eigenvalue weighted by Crippen LogP contribution is -2.63. The maximum absolute atomic E-state index is 11.5. The van der Waals surface area contributed by atoms with Crippen LogP contribution in [0.4, 0.5) is 0 Å². The highest BCUT2D eigenvalue weighted by Crippen LogP contribution is 2.73. The highest BCUT2D eigenvalue weighted by atomic mass is 16.8. The van der Waals surface area contributed by atoms with Gasteiger partial charge in [-0.05, 0) is 35.3 Å². The van der Waals surface area contributed by atoms with Crippen molar-refractivity contribution in [3.05, 3.63) is 71.8 Å².